The molecule has 2 N–H and O–H groups in total. The Morgan fingerprint density at radius 3 is 2.10 bits per heavy atom. The molecule has 2 aromatic rings. The van der Waals surface area contributed by atoms with Gasteiger partial charge in [-0.1, -0.05) is 79.5 Å². The highest BCUT2D eigenvalue weighted by Crippen LogP contribution is 2.36. The predicted octanol–water partition coefficient (Wildman–Crippen LogP) is 2.74. The van der Waals surface area contributed by atoms with Crippen LogP contribution in [0.15, 0.2) is 67.8 Å². The summed E-state index contributed by atoms with van der Waals surface area (Å²) in [6.45, 7) is 8.08. The van der Waals surface area contributed by atoms with E-state index in [2.05, 4.69) is 13.2 Å². The standard InChI is InChI=1S/C16H15BO2S/c1-12(14-7-4-3-5-8-14)20-13(2)15-9-6-10-16(11-15)17(18)19/h3-11,18-19H,1-2H2. The molecule has 0 aliphatic heterocycles. The molecule has 0 aromatic heterocycles. The summed E-state index contributed by atoms with van der Waals surface area (Å²) in [6, 6.07) is 16.9. The molecule has 2 aromatic carbocycles. The van der Waals surface area contributed by atoms with Crippen LogP contribution in [-0.4, -0.2) is 17.2 Å². The Morgan fingerprint density at radius 2 is 1.45 bits per heavy atom. The summed E-state index contributed by atoms with van der Waals surface area (Å²) in [5, 5.41) is 18.4. The minimum Gasteiger partial charge on any atom is -0.423 e. The maximum absolute atomic E-state index is 9.19. The van der Waals surface area contributed by atoms with Crippen molar-refractivity contribution in [1.82, 2.24) is 0 Å². The van der Waals surface area contributed by atoms with Crippen LogP contribution in [0.2, 0.25) is 0 Å². The maximum Gasteiger partial charge on any atom is 0.488 e. The molecule has 100 valence electrons. The Morgan fingerprint density at radius 1 is 0.850 bits per heavy atom. The topological polar surface area (TPSA) is 40.5 Å². The van der Waals surface area contributed by atoms with Gasteiger partial charge in [-0.2, -0.15) is 0 Å². The molecule has 2 rings (SSSR count). The minimum absolute atomic E-state index is 0.453. The molecule has 0 atom stereocenters. The first-order chi connectivity index (χ1) is 9.58. The third-order valence-corrected chi connectivity index (χ3v) is 3.81. The van der Waals surface area contributed by atoms with E-state index in [-0.39, 0.29) is 0 Å². The number of benzene rings is 2. The van der Waals surface area contributed by atoms with Crippen molar-refractivity contribution in [2.24, 2.45) is 0 Å². The normalized spacial score (nSPS) is 10.1. The molecule has 0 amide bonds. The first-order valence-corrected chi connectivity index (χ1v) is 6.97. The number of rotatable bonds is 5. The fraction of sp³-hybridized carbons (Fsp3) is 0. The highest BCUT2D eigenvalue weighted by Gasteiger charge is 2.12. The average Bonchev–Trinajstić information content (AvgIpc) is 2.48. The lowest BCUT2D eigenvalue weighted by Crippen LogP contribution is -2.29. The quantitative estimate of drug-likeness (QED) is 0.828. The first-order valence-electron chi connectivity index (χ1n) is 6.15. The van der Waals surface area contributed by atoms with Crippen LogP contribution in [0.4, 0.5) is 0 Å². The molecule has 4 heteroatoms. The molecule has 2 nitrogen and oxygen atoms in total. The third kappa shape index (κ3) is 3.64. The molecule has 0 unspecified atom stereocenters. The molecule has 0 radical (unpaired) electrons. The van der Waals surface area contributed by atoms with Gasteiger partial charge in [0.1, 0.15) is 0 Å². The zero-order chi connectivity index (χ0) is 14.5. The smallest absolute Gasteiger partial charge is 0.423 e. The summed E-state index contributed by atoms with van der Waals surface area (Å²) in [5.41, 5.74) is 2.37. The van der Waals surface area contributed by atoms with Gasteiger partial charge in [0, 0.05) is 9.81 Å². The van der Waals surface area contributed by atoms with E-state index in [0.29, 0.717) is 5.46 Å². The zero-order valence-electron chi connectivity index (χ0n) is 11.0. The largest absolute Gasteiger partial charge is 0.488 e. The van der Waals surface area contributed by atoms with Crippen LogP contribution < -0.4 is 5.46 Å². The molecule has 0 spiro atoms. The second kappa shape index (κ2) is 6.61. The summed E-state index contributed by atoms with van der Waals surface area (Å²) in [6.07, 6.45) is 0. The summed E-state index contributed by atoms with van der Waals surface area (Å²) in [4.78, 5) is 1.73. The molecule has 0 saturated carbocycles. The Kier molecular flexibility index (Phi) is 4.85. The van der Waals surface area contributed by atoms with Gasteiger partial charge in [-0.25, -0.2) is 0 Å². The van der Waals surface area contributed by atoms with Gasteiger partial charge in [0.15, 0.2) is 0 Å². The van der Waals surface area contributed by atoms with Gasteiger partial charge in [0.2, 0.25) is 0 Å². The summed E-state index contributed by atoms with van der Waals surface area (Å²) in [5.74, 6) is 0. The fourth-order valence-electron chi connectivity index (χ4n) is 1.76. The summed E-state index contributed by atoms with van der Waals surface area (Å²) in [7, 11) is -1.47. The summed E-state index contributed by atoms with van der Waals surface area (Å²) < 4.78 is 0. The molecular formula is C16H15BO2S. The predicted molar refractivity (Wildman–Crippen MR) is 88.4 cm³/mol. The number of hydrogen-bond acceptors (Lipinski definition) is 3. The second-order valence-electron chi connectivity index (χ2n) is 4.31. The monoisotopic (exact) mass is 282 g/mol. The molecule has 0 fully saturated rings. The van der Waals surface area contributed by atoms with Gasteiger partial charge in [0.25, 0.3) is 0 Å². The van der Waals surface area contributed by atoms with Gasteiger partial charge in [0.05, 0.1) is 0 Å². The van der Waals surface area contributed by atoms with Crippen molar-refractivity contribution in [3.8, 4) is 0 Å². The molecule has 0 saturated heterocycles. The van der Waals surface area contributed by atoms with Crippen LogP contribution in [0.1, 0.15) is 11.1 Å². The van der Waals surface area contributed by atoms with Crippen LogP contribution in [-0.2, 0) is 0 Å². The van der Waals surface area contributed by atoms with E-state index in [4.69, 9.17) is 0 Å². The van der Waals surface area contributed by atoms with Crippen LogP contribution in [0.25, 0.3) is 9.81 Å². The highest BCUT2D eigenvalue weighted by atomic mass is 32.2. The molecule has 0 aliphatic carbocycles. The lowest BCUT2D eigenvalue weighted by Gasteiger charge is -2.10. The molecule has 20 heavy (non-hydrogen) atoms. The van der Waals surface area contributed by atoms with E-state index in [0.717, 1.165) is 20.9 Å². The Bertz CT molecular complexity index is 623. The third-order valence-electron chi connectivity index (χ3n) is 2.85. The zero-order valence-corrected chi connectivity index (χ0v) is 11.8. The van der Waals surface area contributed by atoms with E-state index in [9.17, 15) is 10.0 Å². The highest BCUT2D eigenvalue weighted by molar-refractivity contribution is 8.16. The Balaban J connectivity index is 2.13. The van der Waals surface area contributed by atoms with Gasteiger partial charge < -0.3 is 10.0 Å². The van der Waals surface area contributed by atoms with Crippen LogP contribution >= 0.6 is 11.8 Å². The Labute approximate surface area is 123 Å². The van der Waals surface area contributed by atoms with E-state index in [1.165, 1.54) is 11.8 Å². The van der Waals surface area contributed by atoms with Gasteiger partial charge in [-0.3, -0.25) is 0 Å². The van der Waals surface area contributed by atoms with Crippen molar-refractivity contribution in [1.29, 1.82) is 0 Å². The summed E-state index contributed by atoms with van der Waals surface area (Å²) >= 11 is 1.47. The van der Waals surface area contributed by atoms with Gasteiger partial charge in [-0.15, -0.1) is 0 Å². The second-order valence-corrected chi connectivity index (χ2v) is 5.50. The lowest BCUT2D eigenvalue weighted by atomic mass is 9.80. The molecule has 0 heterocycles. The van der Waals surface area contributed by atoms with Gasteiger partial charge in [-0.05, 0) is 16.6 Å². The minimum atomic E-state index is -1.47. The van der Waals surface area contributed by atoms with E-state index >= 15 is 0 Å². The van der Waals surface area contributed by atoms with Crippen LogP contribution in [0.5, 0.6) is 0 Å². The lowest BCUT2D eigenvalue weighted by molar-refractivity contribution is 0.426. The number of thioether (sulfide) groups is 1. The fourth-order valence-corrected chi connectivity index (χ4v) is 2.56. The van der Waals surface area contributed by atoms with Crippen LogP contribution in [0.3, 0.4) is 0 Å². The van der Waals surface area contributed by atoms with Crippen LogP contribution in [0, 0.1) is 0 Å². The van der Waals surface area contributed by atoms with Crippen molar-refractivity contribution < 1.29 is 10.0 Å². The number of hydrogen-bond donors (Lipinski definition) is 2. The maximum atomic E-state index is 9.19. The van der Waals surface area contributed by atoms with E-state index < -0.39 is 7.12 Å². The van der Waals surface area contributed by atoms with Crippen molar-refractivity contribution in [3.63, 3.8) is 0 Å². The SMILES string of the molecule is C=C(SC(=C)c1cccc(B(O)O)c1)c1ccccc1. The van der Waals surface area contributed by atoms with Crippen molar-refractivity contribution in [3.05, 3.63) is 78.9 Å². The molecule has 0 bridgehead atoms. The first kappa shape index (κ1) is 14.7. The van der Waals surface area contributed by atoms with Crippen molar-refractivity contribution in [2.45, 2.75) is 0 Å². The molecular weight excluding hydrogens is 267 g/mol. The molecule has 0 aliphatic rings. The van der Waals surface area contributed by atoms with Crippen molar-refractivity contribution >= 4 is 34.2 Å². The van der Waals surface area contributed by atoms with E-state index in [1.807, 2.05) is 36.4 Å². The average molecular weight is 282 g/mol. The van der Waals surface area contributed by atoms with E-state index in [1.54, 1.807) is 18.2 Å². The Hall–Kier alpha value is -1.75. The van der Waals surface area contributed by atoms with Gasteiger partial charge >= 0.3 is 7.12 Å². The van der Waals surface area contributed by atoms with Crippen molar-refractivity contribution in [2.75, 3.05) is 0 Å².